The van der Waals surface area contributed by atoms with Crippen molar-refractivity contribution < 1.29 is 14.4 Å². The topological polar surface area (TPSA) is 134 Å². The van der Waals surface area contributed by atoms with Gasteiger partial charge in [-0.25, -0.2) is 0 Å². The molecule has 1 aliphatic heterocycles. The first-order chi connectivity index (χ1) is 13.4. The molecule has 0 aliphatic carbocycles. The number of guanidine groups is 1. The lowest BCUT2D eigenvalue weighted by Crippen LogP contribution is -2.52. The Morgan fingerprint density at radius 2 is 2.04 bits per heavy atom. The highest BCUT2D eigenvalue weighted by molar-refractivity contribution is 5.99. The fraction of sp³-hybridized carbons (Fsp3) is 0.500. The number of carbonyl (C=O) groups is 3. The maximum atomic E-state index is 12.9. The summed E-state index contributed by atoms with van der Waals surface area (Å²) in [4.78, 5) is 39.0. The molecule has 152 valence electrons. The van der Waals surface area contributed by atoms with E-state index >= 15 is 0 Å². The Morgan fingerprint density at radius 1 is 1.32 bits per heavy atom. The molecule has 1 fully saturated rings. The predicted molar refractivity (Wildman–Crippen MR) is 106 cm³/mol. The van der Waals surface area contributed by atoms with E-state index in [2.05, 4.69) is 0 Å². The van der Waals surface area contributed by atoms with Gasteiger partial charge in [0.1, 0.15) is 12.3 Å². The van der Waals surface area contributed by atoms with Crippen LogP contribution < -0.4 is 11.5 Å². The van der Waals surface area contributed by atoms with Crippen LogP contribution in [0.15, 0.2) is 30.3 Å². The Kier molecular flexibility index (Phi) is 8.13. The molecule has 2 rings (SSSR count). The lowest BCUT2D eigenvalue weighted by Gasteiger charge is -2.29. The zero-order valence-electron chi connectivity index (χ0n) is 16.0. The zero-order valence-corrected chi connectivity index (χ0v) is 16.0. The normalized spacial score (nSPS) is 17.2. The second-order valence-electron chi connectivity index (χ2n) is 7.05. The number of aryl methyl sites for hydroxylation is 1. The first kappa shape index (κ1) is 21.6. The van der Waals surface area contributed by atoms with Gasteiger partial charge in [0.25, 0.3) is 5.91 Å². The molecule has 2 amide bonds. The van der Waals surface area contributed by atoms with Crippen LogP contribution in [0, 0.1) is 5.41 Å². The summed E-state index contributed by atoms with van der Waals surface area (Å²) in [5.74, 6) is -0.753. The number of carbonyl (C=O) groups excluding carboxylic acids is 3. The third-order valence-electron chi connectivity index (χ3n) is 4.98. The van der Waals surface area contributed by atoms with E-state index < -0.39 is 12.1 Å². The molecule has 0 radical (unpaired) electrons. The molecule has 1 aromatic rings. The van der Waals surface area contributed by atoms with Crippen LogP contribution in [-0.2, 0) is 20.8 Å². The molecule has 0 unspecified atom stereocenters. The number of benzene rings is 1. The number of rotatable bonds is 9. The van der Waals surface area contributed by atoms with Crippen LogP contribution in [0.3, 0.4) is 0 Å². The van der Waals surface area contributed by atoms with Gasteiger partial charge >= 0.3 is 0 Å². The van der Waals surface area contributed by atoms with Gasteiger partial charge in [-0.05, 0) is 37.7 Å². The summed E-state index contributed by atoms with van der Waals surface area (Å²) in [7, 11) is 0. The van der Waals surface area contributed by atoms with Gasteiger partial charge in [0, 0.05) is 19.5 Å². The number of aldehydes is 1. The highest BCUT2D eigenvalue weighted by Gasteiger charge is 2.36. The first-order valence-corrected chi connectivity index (χ1v) is 9.63. The highest BCUT2D eigenvalue weighted by atomic mass is 16.2. The van der Waals surface area contributed by atoms with Gasteiger partial charge in [0.15, 0.2) is 5.96 Å². The summed E-state index contributed by atoms with van der Waals surface area (Å²) >= 11 is 0. The van der Waals surface area contributed by atoms with Crippen molar-refractivity contribution in [3.63, 3.8) is 0 Å². The van der Waals surface area contributed by atoms with Crippen LogP contribution in [0.25, 0.3) is 0 Å². The van der Waals surface area contributed by atoms with Crippen molar-refractivity contribution in [2.75, 3.05) is 13.1 Å². The zero-order chi connectivity index (χ0) is 20.5. The minimum Gasteiger partial charge on any atom is -0.370 e. The van der Waals surface area contributed by atoms with E-state index in [1.165, 1.54) is 4.90 Å². The van der Waals surface area contributed by atoms with Gasteiger partial charge in [-0.1, -0.05) is 30.3 Å². The van der Waals surface area contributed by atoms with Crippen molar-refractivity contribution in [2.45, 2.75) is 50.6 Å². The Hall–Kier alpha value is -2.74. The SMILES string of the molecule is N=C(N)N(CCC[C@H](N)C=O)C(=O)[C@@H]1CCCN1C(=O)CCc1ccccc1. The minimum atomic E-state index is -0.591. The molecular weight excluding hydrogens is 358 g/mol. The van der Waals surface area contributed by atoms with Crippen LogP contribution in [0.1, 0.15) is 37.7 Å². The molecule has 1 heterocycles. The maximum Gasteiger partial charge on any atom is 0.252 e. The molecule has 5 N–H and O–H groups in total. The van der Waals surface area contributed by atoms with Crippen LogP contribution in [0.2, 0.25) is 0 Å². The molecule has 1 aliphatic rings. The summed E-state index contributed by atoms with van der Waals surface area (Å²) in [6.45, 7) is 0.740. The molecular formula is C20H29N5O3. The quantitative estimate of drug-likeness (QED) is 0.325. The smallest absolute Gasteiger partial charge is 0.252 e. The molecule has 0 aromatic heterocycles. The van der Waals surface area contributed by atoms with E-state index in [4.69, 9.17) is 16.9 Å². The standard InChI is InChI=1S/C20H29N5O3/c21-16(14-26)8-4-13-25(20(22)23)19(28)17-9-5-12-24(17)18(27)11-10-15-6-2-1-3-7-15/h1-3,6-7,14,16-17H,4-5,8-13,21H2,(H3,22,23)/t16-,17-/m0/s1. The molecule has 1 saturated heterocycles. The average Bonchev–Trinajstić information content (AvgIpc) is 3.19. The molecule has 0 saturated carbocycles. The molecule has 8 nitrogen and oxygen atoms in total. The van der Waals surface area contributed by atoms with Gasteiger partial charge in [-0.15, -0.1) is 0 Å². The number of nitrogens with zero attached hydrogens (tertiary/aromatic N) is 2. The number of amides is 2. The van der Waals surface area contributed by atoms with Crippen molar-refractivity contribution in [1.82, 2.24) is 9.80 Å². The van der Waals surface area contributed by atoms with E-state index in [1.807, 2.05) is 30.3 Å². The minimum absolute atomic E-state index is 0.0637. The Labute approximate surface area is 165 Å². The second kappa shape index (κ2) is 10.6. The Bertz CT molecular complexity index is 694. The van der Waals surface area contributed by atoms with E-state index in [9.17, 15) is 14.4 Å². The lowest BCUT2D eigenvalue weighted by molar-refractivity contribution is -0.141. The largest absolute Gasteiger partial charge is 0.370 e. The van der Waals surface area contributed by atoms with Crippen LogP contribution in [0.4, 0.5) is 0 Å². The van der Waals surface area contributed by atoms with Gasteiger partial charge in [0.05, 0.1) is 6.04 Å². The summed E-state index contributed by atoms with van der Waals surface area (Å²) in [5.41, 5.74) is 12.2. The van der Waals surface area contributed by atoms with Gasteiger partial charge in [0.2, 0.25) is 5.91 Å². The molecule has 0 spiro atoms. The van der Waals surface area contributed by atoms with Crippen LogP contribution in [0.5, 0.6) is 0 Å². The summed E-state index contributed by atoms with van der Waals surface area (Å²) in [6, 6.07) is 8.56. The van der Waals surface area contributed by atoms with Gasteiger partial charge < -0.3 is 21.2 Å². The molecule has 8 heteroatoms. The number of nitrogens with two attached hydrogens (primary N) is 2. The fourth-order valence-electron chi connectivity index (χ4n) is 3.44. The van der Waals surface area contributed by atoms with Gasteiger partial charge in [-0.3, -0.25) is 19.9 Å². The molecule has 28 heavy (non-hydrogen) atoms. The van der Waals surface area contributed by atoms with Crippen LogP contribution >= 0.6 is 0 Å². The Balaban J connectivity index is 1.96. The van der Waals surface area contributed by atoms with Crippen molar-refractivity contribution in [3.05, 3.63) is 35.9 Å². The predicted octanol–water partition coefficient (Wildman–Crippen LogP) is 0.639. The third kappa shape index (κ3) is 5.88. The number of nitrogens with one attached hydrogen (secondary N) is 1. The lowest BCUT2D eigenvalue weighted by atomic mass is 10.1. The van der Waals surface area contributed by atoms with Crippen molar-refractivity contribution >= 4 is 24.1 Å². The number of hydrogen-bond acceptors (Lipinski definition) is 5. The van der Waals surface area contributed by atoms with Crippen molar-refractivity contribution in [1.29, 1.82) is 5.41 Å². The average molecular weight is 387 g/mol. The van der Waals surface area contributed by atoms with E-state index in [-0.39, 0.29) is 24.3 Å². The second-order valence-corrected chi connectivity index (χ2v) is 7.05. The molecule has 2 atom stereocenters. The summed E-state index contributed by atoms with van der Waals surface area (Å²) in [6.07, 6.45) is 3.79. The number of likely N-dealkylation sites (tertiary alicyclic amines) is 1. The van der Waals surface area contributed by atoms with Crippen LogP contribution in [-0.4, -0.2) is 59.0 Å². The number of hydrogen-bond donors (Lipinski definition) is 3. The van der Waals surface area contributed by atoms with Crippen molar-refractivity contribution in [2.24, 2.45) is 11.5 Å². The third-order valence-corrected chi connectivity index (χ3v) is 4.98. The Morgan fingerprint density at radius 3 is 2.68 bits per heavy atom. The van der Waals surface area contributed by atoms with E-state index in [1.54, 1.807) is 4.90 Å². The molecule has 0 bridgehead atoms. The monoisotopic (exact) mass is 387 g/mol. The van der Waals surface area contributed by atoms with Crippen molar-refractivity contribution in [3.8, 4) is 0 Å². The van der Waals surface area contributed by atoms with Gasteiger partial charge in [-0.2, -0.15) is 0 Å². The summed E-state index contributed by atoms with van der Waals surface area (Å²) < 4.78 is 0. The molecule has 1 aromatic carbocycles. The maximum absolute atomic E-state index is 12.9. The first-order valence-electron chi connectivity index (χ1n) is 9.63. The highest BCUT2D eigenvalue weighted by Crippen LogP contribution is 2.21. The summed E-state index contributed by atoms with van der Waals surface area (Å²) in [5, 5.41) is 7.72. The van der Waals surface area contributed by atoms with E-state index in [0.29, 0.717) is 44.9 Å². The van der Waals surface area contributed by atoms with E-state index in [0.717, 1.165) is 12.0 Å². The fourth-order valence-corrected chi connectivity index (χ4v) is 3.44.